The molecule has 6 rings (SSSR count). The van der Waals surface area contributed by atoms with Crippen LogP contribution in [0, 0.1) is 0 Å². The molecule has 2 bridgehead atoms. The lowest BCUT2D eigenvalue weighted by Crippen LogP contribution is -2.45. The minimum atomic E-state index is -3.02. The molecule has 1 amide bonds. The van der Waals surface area contributed by atoms with E-state index in [0.717, 1.165) is 18.5 Å². The maximum atomic E-state index is 13.1. The van der Waals surface area contributed by atoms with Crippen molar-refractivity contribution < 1.29 is 27.8 Å². The molecule has 33 heavy (non-hydrogen) atoms. The molecule has 2 aliphatic heterocycles. The molecule has 3 aromatic rings. The smallest absolute Gasteiger partial charge is 0.388 e. The second-order valence-corrected chi connectivity index (χ2v) is 9.03. The number of carbonyl (C=O) groups excluding carboxylic acids is 1. The lowest BCUT2D eigenvalue weighted by Gasteiger charge is -2.41. The first-order valence-corrected chi connectivity index (χ1v) is 10.6. The Morgan fingerprint density at radius 1 is 1.18 bits per heavy atom. The van der Waals surface area contributed by atoms with E-state index < -0.39 is 12.5 Å². The van der Waals surface area contributed by atoms with E-state index >= 15 is 0 Å². The highest BCUT2D eigenvalue weighted by atomic mass is 19.3. The molecule has 0 unspecified atom stereocenters. The van der Waals surface area contributed by atoms with Gasteiger partial charge in [-0.3, -0.25) is 9.20 Å². The summed E-state index contributed by atoms with van der Waals surface area (Å²) < 4.78 is 42.6. The third kappa shape index (κ3) is 3.97. The lowest BCUT2D eigenvalue weighted by atomic mass is 9.62. The molecular formula is C22H23F2N5O4. The Morgan fingerprint density at radius 3 is 2.64 bits per heavy atom. The second kappa shape index (κ2) is 7.62. The van der Waals surface area contributed by atoms with Gasteiger partial charge in [-0.25, -0.2) is 4.98 Å². The molecule has 1 N–H and O–H groups in total. The van der Waals surface area contributed by atoms with Crippen LogP contribution in [0.15, 0.2) is 30.6 Å². The van der Waals surface area contributed by atoms with Crippen LogP contribution in [0.3, 0.4) is 0 Å². The minimum Gasteiger partial charge on any atom is -0.474 e. The number of ether oxygens (including phenoxy) is 3. The third-order valence-electron chi connectivity index (χ3n) is 5.84. The fourth-order valence-electron chi connectivity index (χ4n) is 4.61. The van der Waals surface area contributed by atoms with E-state index in [1.54, 1.807) is 10.6 Å². The highest BCUT2D eigenvalue weighted by Gasteiger charge is 2.61. The van der Waals surface area contributed by atoms with E-state index in [1.165, 1.54) is 18.2 Å². The van der Waals surface area contributed by atoms with Crippen molar-refractivity contribution in [1.29, 1.82) is 0 Å². The number of aromatic nitrogens is 4. The first-order chi connectivity index (χ1) is 15.6. The Hall–Kier alpha value is -3.34. The number of carbonyl (C=O) groups is 1. The predicted octanol–water partition coefficient (Wildman–Crippen LogP) is 3.59. The molecule has 1 aliphatic carbocycles. The summed E-state index contributed by atoms with van der Waals surface area (Å²) in [6.07, 6.45) is 5.01. The molecule has 9 nitrogen and oxygen atoms in total. The van der Waals surface area contributed by atoms with E-state index in [9.17, 15) is 13.6 Å². The van der Waals surface area contributed by atoms with Crippen molar-refractivity contribution >= 4 is 17.5 Å². The minimum absolute atomic E-state index is 0.0517. The van der Waals surface area contributed by atoms with Crippen LogP contribution in [-0.2, 0) is 10.2 Å². The Kier molecular flexibility index (Phi) is 4.96. The third-order valence-corrected chi connectivity index (χ3v) is 5.84. The van der Waals surface area contributed by atoms with Crippen LogP contribution in [0.5, 0.6) is 11.8 Å². The molecule has 3 fully saturated rings. The zero-order valence-corrected chi connectivity index (χ0v) is 18.3. The average Bonchev–Trinajstić information content (AvgIpc) is 3.37. The van der Waals surface area contributed by atoms with Gasteiger partial charge < -0.3 is 19.5 Å². The lowest BCUT2D eigenvalue weighted by molar-refractivity contribution is -0.0527. The molecule has 0 aromatic carbocycles. The molecule has 3 aromatic heterocycles. The normalized spacial score (nSPS) is 23.7. The quantitative estimate of drug-likeness (QED) is 0.576. The Bertz CT molecular complexity index is 1220. The van der Waals surface area contributed by atoms with Gasteiger partial charge in [0.2, 0.25) is 17.5 Å². The number of rotatable bonds is 7. The first kappa shape index (κ1) is 21.5. The highest BCUT2D eigenvalue weighted by Crippen LogP contribution is 2.58. The molecule has 0 spiro atoms. The van der Waals surface area contributed by atoms with E-state index in [0.29, 0.717) is 12.4 Å². The van der Waals surface area contributed by atoms with E-state index in [4.69, 9.17) is 9.47 Å². The molecule has 0 atom stereocenters. The summed E-state index contributed by atoms with van der Waals surface area (Å²) >= 11 is 0. The number of nitrogens with zero attached hydrogens (tertiary/aromatic N) is 4. The van der Waals surface area contributed by atoms with Crippen LogP contribution in [-0.4, -0.2) is 50.2 Å². The van der Waals surface area contributed by atoms with E-state index in [-0.39, 0.29) is 40.3 Å². The van der Waals surface area contributed by atoms with Crippen molar-refractivity contribution in [3.05, 3.63) is 41.9 Å². The number of hydrogen-bond donors (Lipinski definition) is 1. The molecular weight excluding hydrogens is 436 g/mol. The van der Waals surface area contributed by atoms with Crippen molar-refractivity contribution in [2.75, 3.05) is 11.9 Å². The summed E-state index contributed by atoms with van der Waals surface area (Å²) in [5.74, 6) is -0.283. The summed E-state index contributed by atoms with van der Waals surface area (Å²) in [5, 5.41) is 2.58. The number of pyridine rings is 1. The van der Waals surface area contributed by atoms with Crippen LogP contribution in [0.2, 0.25) is 0 Å². The van der Waals surface area contributed by atoms with Crippen molar-refractivity contribution in [3.63, 3.8) is 0 Å². The number of anilines is 1. The van der Waals surface area contributed by atoms with E-state index in [2.05, 4.69) is 31.9 Å². The number of fused-ring (bicyclic) bond motifs is 2. The highest BCUT2D eigenvalue weighted by molar-refractivity contribution is 6.05. The van der Waals surface area contributed by atoms with Gasteiger partial charge in [-0.2, -0.15) is 18.7 Å². The van der Waals surface area contributed by atoms with Gasteiger partial charge in [0.05, 0.1) is 24.0 Å². The van der Waals surface area contributed by atoms with Crippen LogP contribution in [0.25, 0.3) is 5.78 Å². The van der Waals surface area contributed by atoms with Crippen molar-refractivity contribution in [3.8, 4) is 11.8 Å². The van der Waals surface area contributed by atoms with Crippen LogP contribution in [0.1, 0.15) is 49.7 Å². The number of alkyl halides is 2. The number of amides is 1. The van der Waals surface area contributed by atoms with Gasteiger partial charge in [-0.1, -0.05) is 6.07 Å². The van der Waals surface area contributed by atoms with Gasteiger partial charge in [-0.15, -0.1) is 0 Å². The van der Waals surface area contributed by atoms with Gasteiger partial charge in [0, 0.05) is 23.9 Å². The molecule has 3 aliphatic rings. The molecule has 1 saturated carbocycles. The maximum Gasteiger partial charge on any atom is 0.388 e. The zero-order valence-electron chi connectivity index (χ0n) is 18.3. The summed E-state index contributed by atoms with van der Waals surface area (Å²) in [4.78, 5) is 26.1. The Morgan fingerprint density at radius 2 is 1.97 bits per heavy atom. The summed E-state index contributed by atoms with van der Waals surface area (Å²) in [5.41, 5.74) is 0.812. The predicted molar refractivity (Wildman–Crippen MR) is 113 cm³/mol. The standard InChI is InChI=1S/C22H23F2N5O4/c1-12(2)32-18-13(17(30)27-15-5-4-6-16(26-15)33-19(23)24)7-29-8-14(25-20(29)28-18)22-9-21(3,10-22)31-11-22/h4-8,12,19H,9-11H2,1-3H3,(H,26,27,30). The number of nitrogens with one attached hydrogen (secondary N) is 1. The molecule has 2 saturated heterocycles. The Labute approximate surface area is 188 Å². The van der Waals surface area contributed by atoms with Gasteiger partial charge in [0.15, 0.2) is 0 Å². The van der Waals surface area contributed by atoms with Crippen LogP contribution in [0.4, 0.5) is 14.6 Å². The SMILES string of the molecule is CC(C)Oc1nc2nc(C34COC(C)(C3)C4)cn2cc1C(=O)Nc1cccc(OC(F)F)n1. The average molecular weight is 459 g/mol. The van der Waals surface area contributed by atoms with Crippen molar-refractivity contribution in [1.82, 2.24) is 19.4 Å². The number of halogens is 2. The second-order valence-electron chi connectivity index (χ2n) is 9.03. The molecule has 5 heterocycles. The van der Waals surface area contributed by atoms with Gasteiger partial charge in [0.1, 0.15) is 11.4 Å². The zero-order chi connectivity index (χ0) is 23.4. The molecule has 174 valence electrons. The van der Waals surface area contributed by atoms with Gasteiger partial charge in [0.25, 0.3) is 5.91 Å². The fraction of sp³-hybridized carbons (Fsp3) is 0.455. The van der Waals surface area contributed by atoms with Crippen LogP contribution >= 0.6 is 0 Å². The fourth-order valence-corrected chi connectivity index (χ4v) is 4.61. The van der Waals surface area contributed by atoms with Gasteiger partial charge in [-0.05, 0) is 39.7 Å². The summed E-state index contributed by atoms with van der Waals surface area (Å²) in [7, 11) is 0. The van der Waals surface area contributed by atoms with Gasteiger partial charge >= 0.3 is 6.61 Å². The van der Waals surface area contributed by atoms with Crippen molar-refractivity contribution in [2.24, 2.45) is 0 Å². The maximum absolute atomic E-state index is 13.1. The summed E-state index contributed by atoms with van der Waals surface area (Å²) in [6.45, 7) is 3.33. The summed E-state index contributed by atoms with van der Waals surface area (Å²) in [6, 6.07) is 4.19. The number of imidazole rings is 1. The topological polar surface area (TPSA) is 99.9 Å². The largest absolute Gasteiger partial charge is 0.474 e. The Balaban J connectivity index is 1.46. The number of hydrogen-bond acceptors (Lipinski definition) is 7. The van der Waals surface area contributed by atoms with Crippen LogP contribution < -0.4 is 14.8 Å². The van der Waals surface area contributed by atoms with E-state index in [1.807, 2.05) is 20.0 Å². The molecule has 0 radical (unpaired) electrons. The van der Waals surface area contributed by atoms with Crippen molar-refractivity contribution in [2.45, 2.75) is 57.3 Å². The first-order valence-electron chi connectivity index (χ1n) is 10.6. The molecule has 11 heteroatoms. The monoisotopic (exact) mass is 459 g/mol.